The van der Waals surface area contributed by atoms with Crippen molar-refractivity contribution in [1.29, 1.82) is 0 Å². The van der Waals surface area contributed by atoms with E-state index < -0.39 is 23.6 Å². The van der Waals surface area contributed by atoms with Crippen LogP contribution in [0.4, 0.5) is 10.5 Å². The molecule has 0 radical (unpaired) electrons. The summed E-state index contributed by atoms with van der Waals surface area (Å²) in [6.07, 6.45) is 1.52. The van der Waals surface area contributed by atoms with Gasteiger partial charge in [-0.2, -0.15) is 0 Å². The zero-order valence-electron chi connectivity index (χ0n) is 22.0. The molecule has 196 valence electrons. The third kappa shape index (κ3) is 5.14. The number of hydrogen-bond acceptors (Lipinski definition) is 7. The number of fused-ring (bicyclic) bond motifs is 1. The number of pyridine rings is 1. The third-order valence-corrected chi connectivity index (χ3v) is 6.52. The number of aromatic nitrogens is 1. The maximum atomic E-state index is 13.5. The highest BCUT2D eigenvalue weighted by Crippen LogP contribution is 2.36. The maximum Gasteiger partial charge on any atom is 0.415 e. The number of methoxy groups -OCH3 is 1. The van der Waals surface area contributed by atoms with Crippen LogP contribution in [0.25, 0.3) is 0 Å². The first-order valence-corrected chi connectivity index (χ1v) is 12.2. The van der Waals surface area contributed by atoms with Crippen LogP contribution in [-0.4, -0.2) is 52.5 Å². The predicted molar refractivity (Wildman–Crippen MR) is 135 cm³/mol. The van der Waals surface area contributed by atoms with E-state index in [9.17, 15) is 19.2 Å². The van der Waals surface area contributed by atoms with E-state index in [1.54, 1.807) is 52.3 Å². The molecular formula is C27H32N4O6. The van der Waals surface area contributed by atoms with Crippen LogP contribution in [-0.2, 0) is 27.4 Å². The van der Waals surface area contributed by atoms with Gasteiger partial charge in [0.25, 0.3) is 5.91 Å². The summed E-state index contributed by atoms with van der Waals surface area (Å²) in [6, 6.07) is 4.38. The number of carbonyl (C=O) groups is 4. The molecule has 1 N–H and O–H groups in total. The molecule has 0 bridgehead atoms. The second kappa shape index (κ2) is 9.84. The number of benzene rings is 1. The third-order valence-electron chi connectivity index (χ3n) is 6.52. The average molecular weight is 509 g/mol. The fourth-order valence-electron chi connectivity index (χ4n) is 4.77. The van der Waals surface area contributed by atoms with E-state index in [0.717, 1.165) is 11.1 Å². The van der Waals surface area contributed by atoms with Gasteiger partial charge in [-0.3, -0.25) is 29.6 Å². The summed E-state index contributed by atoms with van der Waals surface area (Å²) in [4.78, 5) is 58.4. The van der Waals surface area contributed by atoms with Gasteiger partial charge in [0.05, 0.1) is 25.0 Å². The highest BCUT2D eigenvalue weighted by molar-refractivity contribution is 6.06. The van der Waals surface area contributed by atoms with Crippen LogP contribution in [0.2, 0.25) is 0 Å². The summed E-state index contributed by atoms with van der Waals surface area (Å²) in [5, 5.41) is 2.31. The molecular weight excluding hydrogens is 476 g/mol. The largest absolute Gasteiger partial charge is 0.496 e. The number of aryl methyl sites for hydroxylation is 1. The Hall–Kier alpha value is -3.95. The second-order valence-electron chi connectivity index (χ2n) is 10.3. The van der Waals surface area contributed by atoms with Crippen LogP contribution >= 0.6 is 0 Å². The standard InChI is InChI=1S/C27H32N4O6/c1-15-12-28-19(16(2)23(15)36-6)14-31(26(35)37-27(3,4)5)20-9-7-8-17-18(20)13-30(25(17)34)21-10-11-22(32)29-24(21)33/h7-9,12,21H,10-11,13-14H2,1-6H3,(H,29,32,33). The molecule has 1 fully saturated rings. The van der Waals surface area contributed by atoms with Gasteiger partial charge in [0.1, 0.15) is 17.4 Å². The first-order valence-electron chi connectivity index (χ1n) is 12.2. The quantitative estimate of drug-likeness (QED) is 0.615. The minimum atomic E-state index is -0.759. The van der Waals surface area contributed by atoms with Crippen LogP contribution < -0.4 is 15.0 Å². The first-order chi connectivity index (χ1) is 17.4. The van der Waals surface area contributed by atoms with E-state index in [1.165, 1.54) is 9.80 Å². The molecule has 0 spiro atoms. The van der Waals surface area contributed by atoms with Gasteiger partial charge in [0, 0.05) is 41.4 Å². The average Bonchev–Trinajstić information content (AvgIpc) is 3.14. The normalized spacial score (nSPS) is 17.4. The molecule has 0 saturated carbocycles. The lowest BCUT2D eigenvalue weighted by atomic mass is 10.0. The van der Waals surface area contributed by atoms with Crippen LogP contribution in [0.5, 0.6) is 5.75 Å². The Kier molecular flexibility index (Phi) is 6.94. The number of imide groups is 1. The zero-order valence-corrected chi connectivity index (χ0v) is 22.0. The van der Waals surface area contributed by atoms with Crippen LogP contribution in [0.15, 0.2) is 24.4 Å². The smallest absolute Gasteiger partial charge is 0.415 e. The number of carbonyl (C=O) groups excluding carboxylic acids is 4. The Morgan fingerprint density at radius 3 is 2.59 bits per heavy atom. The number of nitrogens with zero attached hydrogens (tertiary/aromatic N) is 3. The van der Waals surface area contributed by atoms with Gasteiger partial charge >= 0.3 is 6.09 Å². The number of hydrogen-bond donors (Lipinski definition) is 1. The number of anilines is 1. The number of piperidine rings is 1. The van der Waals surface area contributed by atoms with Crippen LogP contribution in [0, 0.1) is 13.8 Å². The molecule has 1 atom stereocenters. The molecule has 1 unspecified atom stereocenters. The van der Waals surface area contributed by atoms with E-state index in [0.29, 0.717) is 28.3 Å². The molecule has 1 saturated heterocycles. The number of ether oxygens (including phenoxy) is 2. The highest BCUT2D eigenvalue weighted by Gasteiger charge is 2.41. The van der Waals surface area contributed by atoms with Crippen molar-refractivity contribution in [3.05, 3.63) is 52.3 Å². The fraction of sp³-hybridized carbons (Fsp3) is 0.444. The van der Waals surface area contributed by atoms with Crippen molar-refractivity contribution < 1.29 is 28.7 Å². The van der Waals surface area contributed by atoms with E-state index in [1.807, 2.05) is 13.8 Å². The van der Waals surface area contributed by atoms with E-state index in [2.05, 4.69) is 10.3 Å². The summed E-state index contributed by atoms with van der Waals surface area (Å²) in [7, 11) is 1.59. The van der Waals surface area contributed by atoms with Gasteiger partial charge in [0.15, 0.2) is 0 Å². The SMILES string of the molecule is COc1c(C)cnc(CN(C(=O)OC(C)(C)C)c2cccc3c2CN(C2CCC(=O)NC2=O)C3=O)c1C. The van der Waals surface area contributed by atoms with E-state index >= 15 is 0 Å². The van der Waals surface area contributed by atoms with Gasteiger partial charge in [-0.15, -0.1) is 0 Å². The molecule has 10 heteroatoms. The van der Waals surface area contributed by atoms with Gasteiger partial charge < -0.3 is 14.4 Å². The predicted octanol–water partition coefficient (Wildman–Crippen LogP) is 3.41. The zero-order chi connectivity index (χ0) is 27.1. The summed E-state index contributed by atoms with van der Waals surface area (Å²) in [5.41, 5.74) is 3.05. The second-order valence-corrected chi connectivity index (χ2v) is 10.3. The van der Waals surface area contributed by atoms with Crippen molar-refractivity contribution in [3.63, 3.8) is 0 Å². The van der Waals surface area contributed by atoms with E-state index in [-0.39, 0.29) is 37.7 Å². The van der Waals surface area contributed by atoms with Crippen molar-refractivity contribution in [3.8, 4) is 5.75 Å². The molecule has 2 aliphatic heterocycles. The van der Waals surface area contributed by atoms with Crippen LogP contribution in [0.3, 0.4) is 0 Å². The van der Waals surface area contributed by atoms with Crippen molar-refractivity contribution in [2.24, 2.45) is 0 Å². The van der Waals surface area contributed by atoms with Crippen molar-refractivity contribution >= 4 is 29.5 Å². The minimum Gasteiger partial charge on any atom is -0.496 e. The lowest BCUT2D eigenvalue weighted by Gasteiger charge is -2.30. The molecule has 0 aliphatic carbocycles. The summed E-state index contributed by atoms with van der Waals surface area (Å²) in [6.45, 7) is 9.33. The van der Waals surface area contributed by atoms with Gasteiger partial charge in [-0.1, -0.05) is 6.07 Å². The van der Waals surface area contributed by atoms with Gasteiger partial charge in [-0.25, -0.2) is 4.79 Å². The molecule has 4 amide bonds. The monoisotopic (exact) mass is 508 g/mol. The van der Waals surface area contributed by atoms with Gasteiger partial charge in [-0.05, 0) is 53.2 Å². The molecule has 4 rings (SSSR count). The minimum absolute atomic E-state index is 0.0838. The Bertz CT molecular complexity index is 1280. The molecule has 2 aromatic rings. The van der Waals surface area contributed by atoms with Crippen molar-refractivity contribution in [2.45, 2.75) is 72.2 Å². The first kappa shape index (κ1) is 26.1. The Labute approximate surface area is 215 Å². The fourth-order valence-corrected chi connectivity index (χ4v) is 4.77. The summed E-state index contributed by atoms with van der Waals surface area (Å²) >= 11 is 0. The molecule has 2 aliphatic rings. The molecule has 10 nitrogen and oxygen atoms in total. The highest BCUT2D eigenvalue weighted by atomic mass is 16.6. The topological polar surface area (TPSA) is 118 Å². The molecule has 37 heavy (non-hydrogen) atoms. The van der Waals surface area contributed by atoms with E-state index in [4.69, 9.17) is 9.47 Å². The van der Waals surface area contributed by atoms with Crippen molar-refractivity contribution in [1.82, 2.24) is 15.2 Å². The van der Waals surface area contributed by atoms with Crippen molar-refractivity contribution in [2.75, 3.05) is 12.0 Å². The molecule has 1 aromatic carbocycles. The number of amides is 4. The van der Waals surface area contributed by atoms with Crippen LogP contribution in [0.1, 0.15) is 66.4 Å². The summed E-state index contributed by atoms with van der Waals surface area (Å²) in [5.74, 6) is -0.471. The lowest BCUT2D eigenvalue weighted by Crippen LogP contribution is -2.52. The molecule has 3 heterocycles. The Morgan fingerprint density at radius 2 is 1.95 bits per heavy atom. The Balaban J connectivity index is 1.74. The number of rotatable bonds is 5. The maximum absolute atomic E-state index is 13.5. The Morgan fingerprint density at radius 1 is 1.22 bits per heavy atom. The van der Waals surface area contributed by atoms with Gasteiger partial charge in [0.2, 0.25) is 11.8 Å². The summed E-state index contributed by atoms with van der Waals surface area (Å²) < 4.78 is 11.3. The molecule has 1 aromatic heterocycles. The number of nitrogens with one attached hydrogen (secondary N) is 1. The lowest BCUT2D eigenvalue weighted by molar-refractivity contribution is -0.136.